The Morgan fingerprint density at radius 2 is 2.12 bits per heavy atom. The minimum Gasteiger partial charge on any atom is -0.352 e. The SMILES string of the molecule is O=C1NC[C@H]2CNC[C@@H]2c2cccc(Cl)c21. The lowest BCUT2D eigenvalue weighted by Crippen LogP contribution is -2.28. The fourth-order valence-electron chi connectivity index (χ4n) is 2.71. The Balaban J connectivity index is 2.16. The molecule has 3 rings (SSSR count). The zero-order valence-electron chi connectivity index (χ0n) is 8.79. The molecule has 0 saturated carbocycles. The molecule has 0 bridgehead atoms. The molecule has 0 radical (unpaired) electrons. The Kier molecular flexibility index (Phi) is 2.37. The minimum atomic E-state index is -0.0324. The third-order valence-corrected chi connectivity index (χ3v) is 3.85. The average Bonchev–Trinajstić information content (AvgIpc) is 2.69. The van der Waals surface area contributed by atoms with Crippen LogP contribution in [0.5, 0.6) is 0 Å². The van der Waals surface area contributed by atoms with Gasteiger partial charge in [-0.25, -0.2) is 0 Å². The number of fused-ring (bicyclic) bond motifs is 3. The summed E-state index contributed by atoms with van der Waals surface area (Å²) in [6.07, 6.45) is 0. The second-order valence-corrected chi connectivity index (χ2v) is 4.85. The third-order valence-electron chi connectivity index (χ3n) is 3.54. The molecule has 2 heterocycles. The van der Waals surface area contributed by atoms with Gasteiger partial charge in [-0.1, -0.05) is 23.7 Å². The summed E-state index contributed by atoms with van der Waals surface area (Å²) < 4.78 is 0. The van der Waals surface area contributed by atoms with Gasteiger partial charge in [-0.15, -0.1) is 0 Å². The maximum atomic E-state index is 11.9. The lowest BCUT2D eigenvalue weighted by molar-refractivity contribution is 0.0952. The number of halogens is 1. The first-order valence-electron chi connectivity index (χ1n) is 5.54. The minimum absolute atomic E-state index is 0.0324. The van der Waals surface area contributed by atoms with E-state index in [1.54, 1.807) is 6.07 Å². The van der Waals surface area contributed by atoms with E-state index in [1.165, 1.54) is 0 Å². The summed E-state index contributed by atoms with van der Waals surface area (Å²) in [4.78, 5) is 11.9. The molecule has 0 unspecified atom stereocenters. The van der Waals surface area contributed by atoms with Crippen LogP contribution in [-0.2, 0) is 0 Å². The molecule has 1 saturated heterocycles. The molecule has 0 aromatic heterocycles. The molecule has 84 valence electrons. The fraction of sp³-hybridized carbons (Fsp3) is 0.417. The van der Waals surface area contributed by atoms with Crippen LogP contribution in [0.3, 0.4) is 0 Å². The van der Waals surface area contributed by atoms with Crippen molar-refractivity contribution < 1.29 is 4.79 Å². The van der Waals surface area contributed by atoms with Crippen LogP contribution in [0.1, 0.15) is 21.8 Å². The van der Waals surface area contributed by atoms with E-state index in [9.17, 15) is 4.79 Å². The van der Waals surface area contributed by atoms with Crippen molar-refractivity contribution in [2.45, 2.75) is 5.92 Å². The molecule has 0 aliphatic carbocycles. The number of carbonyl (C=O) groups excluding carboxylic acids is 1. The van der Waals surface area contributed by atoms with Crippen LogP contribution >= 0.6 is 11.6 Å². The zero-order chi connectivity index (χ0) is 11.1. The van der Waals surface area contributed by atoms with Crippen LogP contribution in [0.25, 0.3) is 0 Å². The number of hydrogen-bond donors (Lipinski definition) is 2. The maximum Gasteiger partial charge on any atom is 0.253 e. The second kappa shape index (κ2) is 3.75. The van der Waals surface area contributed by atoms with Gasteiger partial charge in [0.25, 0.3) is 5.91 Å². The Hall–Kier alpha value is -1.06. The van der Waals surface area contributed by atoms with E-state index in [0.717, 1.165) is 25.2 Å². The van der Waals surface area contributed by atoms with Gasteiger partial charge in [-0.05, 0) is 17.5 Å². The predicted octanol–water partition coefficient (Wildman–Crippen LogP) is 1.39. The van der Waals surface area contributed by atoms with Gasteiger partial charge in [0.1, 0.15) is 0 Å². The molecular weight excluding hydrogens is 224 g/mol. The van der Waals surface area contributed by atoms with Crippen LogP contribution in [0, 0.1) is 5.92 Å². The van der Waals surface area contributed by atoms with Crippen molar-refractivity contribution in [3.05, 3.63) is 34.3 Å². The first kappa shape index (κ1) is 10.1. The Bertz CT molecular complexity index is 447. The molecular formula is C12H13ClN2O. The van der Waals surface area contributed by atoms with Crippen molar-refractivity contribution in [2.75, 3.05) is 19.6 Å². The molecule has 1 amide bonds. The highest BCUT2D eigenvalue weighted by Crippen LogP contribution is 2.35. The fourth-order valence-corrected chi connectivity index (χ4v) is 2.98. The Morgan fingerprint density at radius 3 is 3.00 bits per heavy atom. The number of carbonyl (C=O) groups is 1. The largest absolute Gasteiger partial charge is 0.352 e. The first-order valence-corrected chi connectivity index (χ1v) is 5.92. The lowest BCUT2D eigenvalue weighted by Gasteiger charge is -2.16. The van der Waals surface area contributed by atoms with Crippen molar-refractivity contribution in [1.29, 1.82) is 0 Å². The highest BCUT2D eigenvalue weighted by molar-refractivity contribution is 6.34. The normalized spacial score (nSPS) is 27.9. The monoisotopic (exact) mass is 236 g/mol. The highest BCUT2D eigenvalue weighted by Gasteiger charge is 2.34. The van der Waals surface area contributed by atoms with E-state index in [2.05, 4.69) is 10.6 Å². The predicted molar refractivity (Wildman–Crippen MR) is 62.9 cm³/mol. The van der Waals surface area contributed by atoms with Crippen LogP contribution in [0.15, 0.2) is 18.2 Å². The van der Waals surface area contributed by atoms with E-state index in [4.69, 9.17) is 11.6 Å². The van der Waals surface area contributed by atoms with Gasteiger partial charge in [-0.2, -0.15) is 0 Å². The lowest BCUT2D eigenvalue weighted by atomic mass is 9.87. The molecule has 1 fully saturated rings. The number of rotatable bonds is 0. The number of hydrogen-bond acceptors (Lipinski definition) is 2. The maximum absolute atomic E-state index is 11.9. The summed E-state index contributed by atoms with van der Waals surface area (Å²) in [6.45, 7) is 2.64. The van der Waals surface area contributed by atoms with E-state index < -0.39 is 0 Å². The van der Waals surface area contributed by atoms with Crippen molar-refractivity contribution >= 4 is 17.5 Å². The number of nitrogens with one attached hydrogen (secondary N) is 2. The van der Waals surface area contributed by atoms with Gasteiger partial charge in [0.05, 0.1) is 10.6 Å². The second-order valence-electron chi connectivity index (χ2n) is 4.44. The smallest absolute Gasteiger partial charge is 0.253 e. The molecule has 1 aromatic carbocycles. The van der Waals surface area contributed by atoms with Crippen molar-refractivity contribution in [1.82, 2.24) is 10.6 Å². The van der Waals surface area contributed by atoms with Gasteiger partial charge in [0.15, 0.2) is 0 Å². The van der Waals surface area contributed by atoms with E-state index in [-0.39, 0.29) is 5.91 Å². The number of amides is 1. The van der Waals surface area contributed by atoms with E-state index in [1.807, 2.05) is 12.1 Å². The standard InChI is InChI=1S/C12H13ClN2O/c13-10-3-1-2-8-9-6-14-4-7(9)5-15-12(16)11(8)10/h1-3,7,9,14H,4-6H2,(H,15,16)/t7-,9+/m1/s1. The Morgan fingerprint density at radius 1 is 1.25 bits per heavy atom. The van der Waals surface area contributed by atoms with Crippen molar-refractivity contribution in [3.63, 3.8) is 0 Å². The zero-order valence-corrected chi connectivity index (χ0v) is 9.55. The van der Waals surface area contributed by atoms with E-state index >= 15 is 0 Å². The third kappa shape index (κ3) is 1.43. The topological polar surface area (TPSA) is 41.1 Å². The summed E-state index contributed by atoms with van der Waals surface area (Å²) >= 11 is 6.12. The van der Waals surface area contributed by atoms with Crippen molar-refractivity contribution in [3.8, 4) is 0 Å². The molecule has 0 spiro atoms. The van der Waals surface area contributed by atoms with Gasteiger partial charge in [-0.3, -0.25) is 4.79 Å². The summed E-state index contributed by atoms with van der Waals surface area (Å²) in [6, 6.07) is 5.73. The molecule has 2 aliphatic rings. The molecule has 2 N–H and O–H groups in total. The van der Waals surface area contributed by atoms with Crippen LogP contribution in [-0.4, -0.2) is 25.5 Å². The summed E-state index contributed by atoms with van der Waals surface area (Å²) in [5.74, 6) is 0.867. The molecule has 3 nitrogen and oxygen atoms in total. The van der Waals surface area contributed by atoms with Crippen LogP contribution < -0.4 is 10.6 Å². The average molecular weight is 237 g/mol. The van der Waals surface area contributed by atoms with Gasteiger partial charge >= 0.3 is 0 Å². The van der Waals surface area contributed by atoms with Crippen LogP contribution in [0.4, 0.5) is 0 Å². The van der Waals surface area contributed by atoms with Crippen molar-refractivity contribution in [2.24, 2.45) is 5.92 Å². The summed E-state index contributed by atoms with van der Waals surface area (Å²) in [7, 11) is 0. The van der Waals surface area contributed by atoms with E-state index in [0.29, 0.717) is 22.4 Å². The van der Waals surface area contributed by atoms with Crippen LogP contribution in [0.2, 0.25) is 5.02 Å². The molecule has 4 heteroatoms. The Labute approximate surface area is 99.2 Å². The molecule has 2 atom stereocenters. The molecule has 2 aliphatic heterocycles. The molecule has 16 heavy (non-hydrogen) atoms. The molecule has 1 aromatic rings. The van der Waals surface area contributed by atoms with Gasteiger partial charge < -0.3 is 10.6 Å². The van der Waals surface area contributed by atoms with Gasteiger partial charge in [0.2, 0.25) is 0 Å². The summed E-state index contributed by atoms with van der Waals surface area (Å²) in [5, 5.41) is 6.88. The quantitative estimate of drug-likeness (QED) is 0.715. The number of benzene rings is 1. The first-order chi connectivity index (χ1) is 7.77. The highest BCUT2D eigenvalue weighted by atomic mass is 35.5. The van der Waals surface area contributed by atoms with Gasteiger partial charge in [0, 0.05) is 25.6 Å². The summed E-state index contributed by atoms with van der Waals surface area (Å²) in [5.41, 5.74) is 1.76.